The number of aliphatic hydroxyl groups is 1. The lowest BCUT2D eigenvalue weighted by molar-refractivity contribution is 0.166. The number of furan rings is 1. The van der Waals surface area contributed by atoms with Crippen molar-refractivity contribution in [1.29, 1.82) is 0 Å². The van der Waals surface area contributed by atoms with Gasteiger partial charge in [-0.3, -0.25) is 10.00 Å². The maximum absolute atomic E-state index is 9.11. The number of aryl methyl sites for hydroxylation is 1. The summed E-state index contributed by atoms with van der Waals surface area (Å²) in [4.78, 5) is 2.36. The van der Waals surface area contributed by atoms with E-state index < -0.39 is 0 Å². The first-order valence-corrected chi connectivity index (χ1v) is 7.81. The van der Waals surface area contributed by atoms with E-state index in [1.165, 1.54) is 0 Å². The summed E-state index contributed by atoms with van der Waals surface area (Å²) in [7, 11) is 0. The number of aromatic nitrogens is 2. The average molecular weight is 305 g/mol. The Bertz CT molecular complexity index is 581. The van der Waals surface area contributed by atoms with E-state index >= 15 is 0 Å². The van der Waals surface area contributed by atoms with Gasteiger partial charge in [-0.1, -0.05) is 20.8 Å². The Labute approximate surface area is 132 Å². The van der Waals surface area contributed by atoms with Crippen molar-refractivity contribution >= 4 is 0 Å². The number of H-pyrrole nitrogens is 1. The lowest BCUT2D eigenvalue weighted by Gasteiger charge is -2.29. The Morgan fingerprint density at radius 3 is 2.68 bits per heavy atom. The molecule has 0 aliphatic carbocycles. The molecule has 22 heavy (non-hydrogen) atoms. The Morgan fingerprint density at radius 2 is 2.09 bits per heavy atom. The summed E-state index contributed by atoms with van der Waals surface area (Å²) in [6.07, 6.45) is 2.64. The largest absolute Gasteiger partial charge is 0.460 e. The monoisotopic (exact) mass is 305 g/mol. The van der Waals surface area contributed by atoms with Gasteiger partial charge in [0.05, 0.1) is 6.20 Å². The molecule has 0 aromatic carbocycles. The van der Waals surface area contributed by atoms with Crippen molar-refractivity contribution in [3.8, 4) is 11.5 Å². The fourth-order valence-corrected chi connectivity index (χ4v) is 2.63. The maximum Gasteiger partial charge on any atom is 0.152 e. The highest BCUT2D eigenvalue weighted by molar-refractivity contribution is 5.56. The summed E-state index contributed by atoms with van der Waals surface area (Å²) < 4.78 is 5.70. The van der Waals surface area contributed by atoms with Crippen molar-refractivity contribution in [3.05, 3.63) is 29.7 Å². The van der Waals surface area contributed by atoms with Crippen LogP contribution in [0.2, 0.25) is 0 Å². The molecule has 0 atom stereocenters. The van der Waals surface area contributed by atoms with Gasteiger partial charge in [0.1, 0.15) is 11.5 Å². The fraction of sp³-hybridized carbons (Fsp3) is 0.588. The average Bonchev–Trinajstić information content (AvgIpc) is 3.03. The molecule has 0 saturated heterocycles. The lowest BCUT2D eigenvalue weighted by atomic mass is 9.95. The molecule has 0 amide bonds. The molecule has 0 saturated carbocycles. The van der Waals surface area contributed by atoms with Gasteiger partial charge in [0.2, 0.25) is 0 Å². The molecule has 0 aliphatic heterocycles. The second-order valence-corrected chi connectivity index (χ2v) is 7.03. The van der Waals surface area contributed by atoms with E-state index in [4.69, 9.17) is 9.52 Å². The Balaban J connectivity index is 2.14. The first kappa shape index (κ1) is 16.8. The van der Waals surface area contributed by atoms with Crippen LogP contribution in [0, 0.1) is 12.3 Å². The lowest BCUT2D eigenvalue weighted by Crippen LogP contribution is -2.33. The van der Waals surface area contributed by atoms with Crippen molar-refractivity contribution < 1.29 is 9.52 Å². The normalized spacial score (nSPS) is 12.3. The van der Waals surface area contributed by atoms with Crippen LogP contribution in [0.1, 0.15) is 38.5 Å². The predicted octanol–water partition coefficient (Wildman–Crippen LogP) is 3.21. The first-order valence-electron chi connectivity index (χ1n) is 7.81. The van der Waals surface area contributed by atoms with Gasteiger partial charge in [-0.15, -0.1) is 0 Å². The van der Waals surface area contributed by atoms with Crippen LogP contribution in [0.4, 0.5) is 0 Å². The Kier molecular flexibility index (Phi) is 5.42. The third-order valence-electron chi connectivity index (χ3n) is 3.43. The predicted molar refractivity (Wildman–Crippen MR) is 87.5 cm³/mol. The fourth-order valence-electron chi connectivity index (χ4n) is 2.63. The van der Waals surface area contributed by atoms with Crippen LogP contribution in [-0.4, -0.2) is 39.9 Å². The minimum absolute atomic E-state index is 0.209. The summed E-state index contributed by atoms with van der Waals surface area (Å²) in [5, 5.41) is 16.3. The highest BCUT2D eigenvalue weighted by Crippen LogP contribution is 2.25. The van der Waals surface area contributed by atoms with Gasteiger partial charge in [-0.05, 0) is 30.9 Å². The molecule has 0 spiro atoms. The molecule has 0 unspecified atom stereocenters. The minimum Gasteiger partial charge on any atom is -0.460 e. The summed E-state index contributed by atoms with van der Waals surface area (Å²) in [5.74, 6) is 1.71. The molecule has 2 N–H and O–H groups in total. The highest BCUT2D eigenvalue weighted by Gasteiger charge is 2.19. The zero-order valence-electron chi connectivity index (χ0n) is 14.0. The maximum atomic E-state index is 9.11. The summed E-state index contributed by atoms with van der Waals surface area (Å²) in [6, 6.07) is 3.92. The van der Waals surface area contributed by atoms with Crippen LogP contribution in [-0.2, 0) is 6.54 Å². The van der Waals surface area contributed by atoms with Crippen molar-refractivity contribution in [2.75, 3.05) is 19.7 Å². The van der Waals surface area contributed by atoms with Gasteiger partial charge < -0.3 is 9.52 Å². The SMILES string of the molecule is Cc1ccc(-c2[nH]ncc2CN(CCCO)CC(C)(C)C)o1. The molecule has 122 valence electrons. The zero-order valence-corrected chi connectivity index (χ0v) is 14.0. The second kappa shape index (κ2) is 7.11. The standard InChI is InChI=1S/C17H27N3O2/c1-13-6-7-15(22-13)16-14(10-18-19-16)11-20(8-5-9-21)12-17(2,3)4/h6-7,10,21H,5,8-9,11-12H2,1-4H3,(H,18,19). The van der Waals surface area contributed by atoms with Gasteiger partial charge in [0, 0.05) is 31.8 Å². The molecule has 5 heteroatoms. The van der Waals surface area contributed by atoms with Crippen LogP contribution in [0.5, 0.6) is 0 Å². The van der Waals surface area contributed by atoms with Gasteiger partial charge in [-0.25, -0.2) is 0 Å². The topological polar surface area (TPSA) is 65.3 Å². The summed E-state index contributed by atoms with van der Waals surface area (Å²) >= 11 is 0. The Morgan fingerprint density at radius 1 is 1.32 bits per heavy atom. The van der Waals surface area contributed by atoms with Crippen molar-refractivity contribution in [2.24, 2.45) is 5.41 Å². The second-order valence-electron chi connectivity index (χ2n) is 7.03. The molecule has 0 fully saturated rings. The number of hydrogen-bond donors (Lipinski definition) is 2. The third kappa shape index (κ3) is 4.71. The zero-order chi connectivity index (χ0) is 16.2. The number of rotatable bonds is 7. The van der Waals surface area contributed by atoms with E-state index in [1.807, 2.05) is 25.3 Å². The van der Waals surface area contributed by atoms with Crippen LogP contribution in [0.25, 0.3) is 11.5 Å². The minimum atomic E-state index is 0.209. The summed E-state index contributed by atoms with van der Waals surface area (Å²) in [5.41, 5.74) is 2.27. The van der Waals surface area contributed by atoms with Gasteiger partial charge in [-0.2, -0.15) is 5.10 Å². The molecule has 2 heterocycles. The number of nitrogens with zero attached hydrogens (tertiary/aromatic N) is 2. The van der Waals surface area contributed by atoms with Crippen LogP contribution in [0.3, 0.4) is 0 Å². The number of nitrogens with one attached hydrogen (secondary N) is 1. The van der Waals surface area contributed by atoms with Gasteiger partial charge in [0.15, 0.2) is 5.76 Å². The number of aromatic amines is 1. The van der Waals surface area contributed by atoms with Gasteiger partial charge >= 0.3 is 0 Å². The molecule has 2 aromatic rings. The number of hydrogen-bond acceptors (Lipinski definition) is 4. The van der Waals surface area contributed by atoms with E-state index in [0.717, 1.165) is 48.8 Å². The van der Waals surface area contributed by atoms with Crippen LogP contribution in [0.15, 0.2) is 22.7 Å². The van der Waals surface area contributed by atoms with Crippen molar-refractivity contribution in [1.82, 2.24) is 15.1 Å². The van der Waals surface area contributed by atoms with Crippen molar-refractivity contribution in [3.63, 3.8) is 0 Å². The molecule has 2 aromatic heterocycles. The Hall–Kier alpha value is -1.59. The van der Waals surface area contributed by atoms with Crippen LogP contribution < -0.4 is 0 Å². The molecular formula is C17H27N3O2. The first-order chi connectivity index (χ1) is 10.4. The van der Waals surface area contributed by atoms with Gasteiger partial charge in [0.25, 0.3) is 0 Å². The quantitative estimate of drug-likeness (QED) is 0.824. The highest BCUT2D eigenvalue weighted by atomic mass is 16.3. The molecule has 0 radical (unpaired) electrons. The molecule has 5 nitrogen and oxygen atoms in total. The summed E-state index contributed by atoms with van der Waals surface area (Å²) in [6.45, 7) is 11.5. The molecule has 0 aliphatic rings. The molecule has 0 bridgehead atoms. The molecular weight excluding hydrogens is 278 g/mol. The van der Waals surface area contributed by atoms with Crippen molar-refractivity contribution in [2.45, 2.75) is 40.7 Å². The number of aliphatic hydroxyl groups excluding tert-OH is 1. The van der Waals surface area contributed by atoms with E-state index in [0.29, 0.717) is 0 Å². The third-order valence-corrected chi connectivity index (χ3v) is 3.43. The smallest absolute Gasteiger partial charge is 0.152 e. The van der Waals surface area contributed by atoms with E-state index in [1.54, 1.807) is 0 Å². The van der Waals surface area contributed by atoms with E-state index in [2.05, 4.69) is 35.9 Å². The van der Waals surface area contributed by atoms with Crippen LogP contribution >= 0.6 is 0 Å². The van der Waals surface area contributed by atoms with E-state index in [-0.39, 0.29) is 12.0 Å². The van der Waals surface area contributed by atoms with E-state index in [9.17, 15) is 0 Å². The molecule has 2 rings (SSSR count).